The number of halogens is 1. The molecule has 29 heavy (non-hydrogen) atoms. The number of fused-ring (bicyclic) bond motifs is 1. The number of nitrogens with zero attached hydrogens (tertiary/aromatic N) is 3. The van der Waals surface area contributed by atoms with Gasteiger partial charge in [0.15, 0.2) is 12.3 Å². The van der Waals surface area contributed by atoms with Crippen LogP contribution in [0.3, 0.4) is 0 Å². The standard InChI is InChI=1S/C22H18FN3O3/c1-14-10-18(15(2)26(14)17-7-5-6-16(23)11-17)20(27)13-29-22(28)19-12-25-9-4-3-8-21(25)24-19/h3-12H,13H2,1-2H3. The SMILES string of the molecule is Cc1cc(C(=O)COC(=O)c2cn3ccccc3n2)c(C)n1-c1cccc(F)c1. The predicted molar refractivity (Wildman–Crippen MR) is 105 cm³/mol. The topological polar surface area (TPSA) is 65.6 Å². The van der Waals surface area contributed by atoms with Gasteiger partial charge < -0.3 is 13.7 Å². The Morgan fingerprint density at radius 1 is 1.10 bits per heavy atom. The average Bonchev–Trinajstić information content (AvgIpc) is 3.26. The molecule has 0 saturated heterocycles. The van der Waals surface area contributed by atoms with Gasteiger partial charge in [-0.25, -0.2) is 14.2 Å². The van der Waals surface area contributed by atoms with Crippen LogP contribution >= 0.6 is 0 Å². The third-order valence-electron chi connectivity index (χ3n) is 4.71. The Balaban J connectivity index is 1.51. The molecule has 0 fully saturated rings. The molecule has 0 spiro atoms. The number of carbonyl (C=O) groups excluding carboxylic acids is 2. The Kier molecular flexibility index (Phi) is 4.72. The van der Waals surface area contributed by atoms with E-state index >= 15 is 0 Å². The second kappa shape index (κ2) is 7.35. The first-order valence-corrected chi connectivity index (χ1v) is 9.03. The first-order valence-electron chi connectivity index (χ1n) is 9.03. The summed E-state index contributed by atoms with van der Waals surface area (Å²) in [6, 6.07) is 13.3. The molecule has 4 rings (SSSR count). The molecule has 146 valence electrons. The van der Waals surface area contributed by atoms with E-state index < -0.39 is 12.6 Å². The maximum atomic E-state index is 13.6. The van der Waals surface area contributed by atoms with Crippen LogP contribution in [0.2, 0.25) is 0 Å². The molecular weight excluding hydrogens is 373 g/mol. The highest BCUT2D eigenvalue weighted by Gasteiger charge is 2.20. The fraction of sp³-hybridized carbons (Fsp3) is 0.136. The van der Waals surface area contributed by atoms with Crippen LogP contribution in [0.1, 0.15) is 32.2 Å². The van der Waals surface area contributed by atoms with Crippen molar-refractivity contribution in [2.24, 2.45) is 0 Å². The largest absolute Gasteiger partial charge is 0.453 e. The molecule has 4 aromatic rings. The van der Waals surface area contributed by atoms with E-state index in [1.54, 1.807) is 52.6 Å². The van der Waals surface area contributed by atoms with E-state index in [9.17, 15) is 14.0 Å². The number of carbonyl (C=O) groups is 2. The van der Waals surface area contributed by atoms with Crippen molar-refractivity contribution in [3.63, 3.8) is 0 Å². The quantitative estimate of drug-likeness (QED) is 0.382. The summed E-state index contributed by atoms with van der Waals surface area (Å²) in [6.07, 6.45) is 3.32. The van der Waals surface area contributed by atoms with Gasteiger partial charge in [0.1, 0.15) is 11.5 Å². The maximum Gasteiger partial charge on any atom is 0.359 e. The zero-order valence-corrected chi connectivity index (χ0v) is 15.9. The van der Waals surface area contributed by atoms with Crippen molar-refractivity contribution >= 4 is 17.4 Å². The molecule has 0 radical (unpaired) electrons. The molecule has 0 amide bonds. The van der Waals surface area contributed by atoms with E-state index in [1.165, 1.54) is 12.1 Å². The van der Waals surface area contributed by atoms with Crippen molar-refractivity contribution in [1.82, 2.24) is 14.0 Å². The number of ketones is 1. The third-order valence-corrected chi connectivity index (χ3v) is 4.71. The fourth-order valence-electron chi connectivity index (χ4n) is 3.37. The Morgan fingerprint density at radius 3 is 2.69 bits per heavy atom. The highest BCUT2D eigenvalue weighted by molar-refractivity contribution is 6.00. The van der Waals surface area contributed by atoms with Crippen LogP contribution < -0.4 is 0 Å². The van der Waals surface area contributed by atoms with Crippen LogP contribution in [0.25, 0.3) is 11.3 Å². The minimum atomic E-state index is -0.666. The number of hydrogen-bond donors (Lipinski definition) is 0. The first kappa shape index (κ1) is 18.6. The molecule has 0 saturated carbocycles. The van der Waals surface area contributed by atoms with Crippen molar-refractivity contribution in [1.29, 1.82) is 0 Å². The van der Waals surface area contributed by atoms with E-state index in [0.29, 0.717) is 22.6 Å². The van der Waals surface area contributed by atoms with Crippen LogP contribution in [0.5, 0.6) is 0 Å². The van der Waals surface area contributed by atoms with Gasteiger partial charge in [0.25, 0.3) is 0 Å². The molecular formula is C22H18FN3O3. The number of hydrogen-bond acceptors (Lipinski definition) is 4. The molecule has 0 aliphatic carbocycles. The molecule has 6 nitrogen and oxygen atoms in total. The van der Waals surface area contributed by atoms with Crippen LogP contribution in [-0.2, 0) is 4.74 Å². The molecule has 0 atom stereocenters. The van der Waals surface area contributed by atoms with Gasteiger partial charge in [-0.05, 0) is 50.2 Å². The van der Waals surface area contributed by atoms with E-state index in [1.807, 2.05) is 19.1 Å². The van der Waals surface area contributed by atoms with Gasteiger partial charge in [0.05, 0.1) is 0 Å². The van der Waals surface area contributed by atoms with E-state index in [0.717, 1.165) is 5.69 Å². The van der Waals surface area contributed by atoms with Gasteiger partial charge in [-0.1, -0.05) is 12.1 Å². The Hall–Kier alpha value is -3.74. The molecule has 3 heterocycles. The summed E-state index contributed by atoms with van der Waals surface area (Å²) in [6.45, 7) is 3.20. The number of rotatable bonds is 5. The van der Waals surface area contributed by atoms with Gasteiger partial charge in [0.2, 0.25) is 5.78 Å². The van der Waals surface area contributed by atoms with Crippen molar-refractivity contribution < 1.29 is 18.7 Å². The third kappa shape index (κ3) is 3.54. The van der Waals surface area contributed by atoms with Gasteiger partial charge in [-0.15, -0.1) is 0 Å². The summed E-state index contributed by atoms with van der Waals surface area (Å²) in [4.78, 5) is 29.1. The monoisotopic (exact) mass is 391 g/mol. The summed E-state index contributed by atoms with van der Waals surface area (Å²) >= 11 is 0. The van der Waals surface area contributed by atoms with Gasteiger partial charge in [0, 0.05) is 35.0 Å². The highest BCUT2D eigenvalue weighted by atomic mass is 19.1. The van der Waals surface area contributed by atoms with Crippen LogP contribution in [0, 0.1) is 19.7 Å². The normalized spacial score (nSPS) is 11.0. The minimum absolute atomic E-state index is 0.134. The van der Waals surface area contributed by atoms with Crippen LogP contribution in [-0.4, -0.2) is 32.3 Å². The summed E-state index contributed by atoms with van der Waals surface area (Å²) in [5.74, 6) is -1.36. The number of imidazole rings is 1. The van der Waals surface area contributed by atoms with Crippen LogP contribution in [0.4, 0.5) is 4.39 Å². The highest BCUT2D eigenvalue weighted by Crippen LogP contribution is 2.22. The number of esters is 1. The Morgan fingerprint density at radius 2 is 1.93 bits per heavy atom. The molecule has 0 aliphatic heterocycles. The Labute approximate surface area is 166 Å². The zero-order valence-electron chi connectivity index (χ0n) is 15.9. The molecule has 0 aliphatic rings. The molecule has 1 aromatic carbocycles. The van der Waals surface area contributed by atoms with Crippen molar-refractivity contribution in [2.75, 3.05) is 6.61 Å². The first-order chi connectivity index (χ1) is 13.9. The van der Waals surface area contributed by atoms with E-state index in [2.05, 4.69) is 4.98 Å². The van der Waals surface area contributed by atoms with Gasteiger partial charge in [-0.2, -0.15) is 0 Å². The summed E-state index contributed by atoms with van der Waals surface area (Å²) in [5.41, 5.74) is 3.24. The zero-order chi connectivity index (χ0) is 20.5. The minimum Gasteiger partial charge on any atom is -0.453 e. The van der Waals surface area contributed by atoms with Crippen molar-refractivity contribution in [3.05, 3.63) is 89.4 Å². The van der Waals surface area contributed by atoms with E-state index in [-0.39, 0.29) is 17.3 Å². The van der Waals surface area contributed by atoms with Crippen LogP contribution in [0.15, 0.2) is 60.9 Å². The Bertz CT molecular complexity index is 1210. The average molecular weight is 391 g/mol. The van der Waals surface area contributed by atoms with Gasteiger partial charge >= 0.3 is 5.97 Å². The summed E-state index contributed by atoms with van der Waals surface area (Å²) in [7, 11) is 0. The number of ether oxygens (including phenoxy) is 1. The second-order valence-corrected chi connectivity index (χ2v) is 6.69. The van der Waals surface area contributed by atoms with Gasteiger partial charge in [-0.3, -0.25) is 4.79 Å². The lowest BCUT2D eigenvalue weighted by Crippen LogP contribution is -2.15. The van der Waals surface area contributed by atoms with Crippen molar-refractivity contribution in [2.45, 2.75) is 13.8 Å². The number of aryl methyl sites for hydroxylation is 1. The number of aromatic nitrogens is 3. The van der Waals surface area contributed by atoms with Crippen molar-refractivity contribution in [3.8, 4) is 5.69 Å². The second-order valence-electron chi connectivity index (χ2n) is 6.69. The molecule has 3 aromatic heterocycles. The number of Topliss-reactive ketones (excluding diaryl/α,β-unsaturated/α-hetero) is 1. The molecule has 0 bridgehead atoms. The lowest BCUT2D eigenvalue weighted by atomic mass is 10.1. The fourth-order valence-corrected chi connectivity index (χ4v) is 3.37. The summed E-state index contributed by atoms with van der Waals surface area (Å²) < 4.78 is 22.2. The summed E-state index contributed by atoms with van der Waals surface area (Å²) in [5, 5.41) is 0. The maximum absolute atomic E-state index is 13.6. The molecule has 0 N–H and O–H groups in total. The smallest absolute Gasteiger partial charge is 0.359 e. The lowest BCUT2D eigenvalue weighted by molar-refractivity contribution is 0.0469. The lowest BCUT2D eigenvalue weighted by Gasteiger charge is -2.10. The van der Waals surface area contributed by atoms with E-state index in [4.69, 9.17) is 4.74 Å². The molecule has 0 unspecified atom stereocenters. The number of benzene rings is 1. The molecule has 7 heteroatoms. The number of pyridine rings is 1. The predicted octanol–water partition coefficient (Wildman–Crippen LogP) is 3.92.